The first kappa shape index (κ1) is 16.6. The Morgan fingerprint density at radius 3 is 2.08 bits per heavy atom. The molecule has 0 saturated heterocycles. The van der Waals surface area contributed by atoms with Crippen LogP contribution in [0.25, 0.3) is 16.7 Å². The van der Waals surface area contributed by atoms with E-state index in [1.54, 1.807) is 0 Å². The number of rotatable bonds is 1. The largest absolute Gasteiger partial charge is 0.505 e. The van der Waals surface area contributed by atoms with Crippen LogP contribution in [-0.2, 0) is 10.8 Å². The normalized spacial score (nSPS) is 13.6. The number of aromatic hydroxyl groups is 1. The lowest BCUT2D eigenvalue weighted by molar-refractivity contribution is 0.441. The Kier molecular flexibility index (Phi) is 3.21. The van der Waals surface area contributed by atoms with Crippen LogP contribution in [0, 0.1) is 0 Å². The lowest BCUT2D eigenvalue weighted by atomic mass is 9.80. The maximum absolute atomic E-state index is 11.0. The lowest BCUT2D eigenvalue weighted by Gasteiger charge is -2.26. The molecule has 4 nitrogen and oxygen atoms in total. The fraction of sp³-hybridized carbons (Fsp3) is 0.400. The molecule has 0 aliphatic heterocycles. The van der Waals surface area contributed by atoms with Gasteiger partial charge in [0.05, 0.1) is 0 Å². The zero-order valence-electron chi connectivity index (χ0n) is 15.6. The van der Waals surface area contributed by atoms with Crippen LogP contribution in [0.4, 0.5) is 0 Å². The van der Waals surface area contributed by atoms with Gasteiger partial charge in [0.1, 0.15) is 22.5 Å². The molecule has 0 aliphatic carbocycles. The smallest absolute Gasteiger partial charge is 0.146 e. The predicted octanol–water partition coefficient (Wildman–Crippen LogP) is 5.48. The lowest BCUT2D eigenvalue weighted by Crippen LogP contribution is -2.17. The van der Waals surface area contributed by atoms with Crippen molar-refractivity contribution in [2.45, 2.75) is 52.4 Å². The van der Waals surface area contributed by atoms with E-state index in [-0.39, 0.29) is 10.8 Å². The molecule has 0 saturated carbocycles. The van der Waals surface area contributed by atoms with Crippen LogP contribution in [0.5, 0.6) is 5.75 Å². The summed E-state index contributed by atoms with van der Waals surface area (Å²) in [4.78, 5) is 2.04. The number of phenols is 1. The predicted molar refractivity (Wildman–Crippen MR) is 106 cm³/mol. The molecule has 0 bridgehead atoms. The summed E-state index contributed by atoms with van der Waals surface area (Å²) >= 11 is 3.53. The number of halogens is 1. The average molecular weight is 402 g/mol. The summed E-state index contributed by atoms with van der Waals surface area (Å²) in [5.74, 6) is 0.361. The van der Waals surface area contributed by atoms with Crippen molar-refractivity contribution in [1.29, 1.82) is 0 Å². The van der Waals surface area contributed by atoms with Gasteiger partial charge in [-0.2, -0.15) is 0 Å². The van der Waals surface area contributed by atoms with E-state index in [0.29, 0.717) is 5.75 Å². The van der Waals surface area contributed by atoms with Crippen molar-refractivity contribution >= 4 is 27.0 Å². The summed E-state index contributed by atoms with van der Waals surface area (Å²) in [6.45, 7) is 13.0. The van der Waals surface area contributed by atoms with Crippen LogP contribution in [0.1, 0.15) is 52.7 Å². The average Bonchev–Trinajstić information content (AvgIpc) is 3.12. The Balaban J connectivity index is 1.98. The third kappa shape index (κ3) is 2.40. The second kappa shape index (κ2) is 4.85. The highest BCUT2D eigenvalue weighted by Crippen LogP contribution is 2.41. The summed E-state index contributed by atoms with van der Waals surface area (Å²) in [5, 5.41) is 11.0. The molecular formula is C20H24BrN3O. The van der Waals surface area contributed by atoms with Gasteiger partial charge in [-0.3, -0.25) is 0 Å². The van der Waals surface area contributed by atoms with Crippen molar-refractivity contribution in [3.05, 3.63) is 45.9 Å². The number of aromatic nitrogens is 3. The molecule has 0 atom stereocenters. The molecule has 132 valence electrons. The van der Waals surface area contributed by atoms with E-state index < -0.39 is 0 Å². The molecular weight excluding hydrogens is 378 g/mol. The van der Waals surface area contributed by atoms with Crippen LogP contribution >= 0.6 is 15.9 Å². The monoisotopic (exact) mass is 401 g/mol. The molecule has 0 spiro atoms. The van der Waals surface area contributed by atoms with E-state index in [9.17, 15) is 5.11 Å². The standard InChI is InChI=1S/C20H24BrN3O/c1-19(2,3)12-9-14(20(4,5)6)18(25)17(10-12)24-22-15-8-7-13(21)11-16(15)23(22)24/h7-11,25H,1-6H3. The van der Waals surface area contributed by atoms with Crippen LogP contribution < -0.4 is 0 Å². The van der Waals surface area contributed by atoms with Gasteiger partial charge in [-0.15, -0.1) is 14.1 Å². The highest BCUT2D eigenvalue weighted by Gasteiger charge is 2.31. The second-order valence-electron chi connectivity index (χ2n) is 8.89. The third-order valence-electron chi connectivity index (χ3n) is 4.86. The molecule has 2 aromatic carbocycles. The second-order valence-corrected chi connectivity index (χ2v) is 9.81. The molecule has 0 unspecified atom stereocenters. The topological polar surface area (TPSA) is 34.0 Å². The van der Waals surface area contributed by atoms with Gasteiger partial charge in [0.15, 0.2) is 0 Å². The first-order valence-corrected chi connectivity index (χ1v) is 9.37. The van der Waals surface area contributed by atoms with Crippen LogP contribution in [-0.4, -0.2) is 19.2 Å². The summed E-state index contributed by atoms with van der Waals surface area (Å²) in [6.07, 6.45) is 0. The summed E-state index contributed by atoms with van der Waals surface area (Å²) in [5.41, 5.74) is 5.23. The van der Waals surface area contributed by atoms with Crippen LogP contribution in [0.2, 0.25) is 0 Å². The Hall–Kier alpha value is -1.88. The molecule has 25 heavy (non-hydrogen) atoms. The first-order valence-electron chi connectivity index (χ1n) is 8.58. The quantitative estimate of drug-likeness (QED) is 0.449. The SMILES string of the molecule is CC(C)(C)c1cc(-n2n3c4ccc(Br)cc4n23)c(O)c(C(C)(C)C)c1. The van der Waals surface area contributed by atoms with E-state index in [1.807, 2.05) is 10.9 Å². The van der Waals surface area contributed by atoms with Gasteiger partial charge < -0.3 is 5.11 Å². The van der Waals surface area contributed by atoms with Gasteiger partial charge in [0.25, 0.3) is 0 Å². The number of hydrogen-bond acceptors (Lipinski definition) is 1. The van der Waals surface area contributed by atoms with Crippen molar-refractivity contribution in [1.82, 2.24) is 14.1 Å². The minimum absolute atomic E-state index is 0.0120. The van der Waals surface area contributed by atoms with Gasteiger partial charge in [-0.1, -0.05) is 63.5 Å². The number of fused-ring (bicyclic) bond motifs is 4. The van der Waals surface area contributed by atoms with Gasteiger partial charge in [-0.05, 0) is 40.7 Å². The molecule has 0 aliphatic rings. The van der Waals surface area contributed by atoms with Crippen molar-refractivity contribution in [3.8, 4) is 11.4 Å². The Morgan fingerprint density at radius 1 is 0.840 bits per heavy atom. The van der Waals surface area contributed by atoms with Crippen molar-refractivity contribution in [3.63, 3.8) is 0 Å². The maximum Gasteiger partial charge on any atom is 0.146 e. The number of phenolic OH excluding ortho intramolecular Hbond substituents is 1. The molecule has 2 aromatic heterocycles. The van der Waals surface area contributed by atoms with Gasteiger partial charge in [-0.25, -0.2) is 0 Å². The van der Waals surface area contributed by atoms with Gasteiger partial charge in [0.2, 0.25) is 0 Å². The first-order chi connectivity index (χ1) is 11.5. The van der Waals surface area contributed by atoms with E-state index in [4.69, 9.17) is 0 Å². The minimum Gasteiger partial charge on any atom is -0.505 e. The van der Waals surface area contributed by atoms with E-state index >= 15 is 0 Å². The third-order valence-corrected chi connectivity index (χ3v) is 5.35. The van der Waals surface area contributed by atoms with Crippen molar-refractivity contribution < 1.29 is 5.11 Å². The van der Waals surface area contributed by atoms with E-state index in [0.717, 1.165) is 26.8 Å². The molecule has 0 radical (unpaired) electrons. The zero-order chi connectivity index (χ0) is 18.3. The van der Waals surface area contributed by atoms with E-state index in [2.05, 4.69) is 91.0 Å². The molecule has 5 heteroatoms. The molecule has 4 aromatic rings. The Morgan fingerprint density at radius 2 is 1.48 bits per heavy atom. The highest BCUT2D eigenvalue weighted by molar-refractivity contribution is 9.10. The highest BCUT2D eigenvalue weighted by atomic mass is 79.9. The van der Waals surface area contributed by atoms with Crippen molar-refractivity contribution in [2.75, 3.05) is 0 Å². The maximum atomic E-state index is 11.0. The van der Waals surface area contributed by atoms with Gasteiger partial charge in [0, 0.05) is 10.0 Å². The minimum atomic E-state index is -0.129. The Bertz CT molecular complexity index is 1080. The fourth-order valence-corrected chi connectivity index (χ4v) is 3.65. The van der Waals surface area contributed by atoms with Gasteiger partial charge >= 0.3 is 0 Å². The zero-order valence-corrected chi connectivity index (χ0v) is 17.1. The van der Waals surface area contributed by atoms with E-state index in [1.165, 1.54) is 5.56 Å². The molecule has 1 N–H and O–H groups in total. The van der Waals surface area contributed by atoms with Crippen LogP contribution in [0.15, 0.2) is 34.8 Å². The molecule has 4 rings (SSSR count). The number of nitrogens with zero attached hydrogens (tertiary/aromatic N) is 3. The molecule has 0 fully saturated rings. The fourth-order valence-electron chi connectivity index (χ4n) is 3.30. The molecule has 2 heterocycles. The molecule has 0 amide bonds. The summed E-state index contributed by atoms with van der Waals surface area (Å²) < 4.78 is 5.21. The number of hydrogen-bond donors (Lipinski definition) is 1. The van der Waals surface area contributed by atoms with Crippen LogP contribution in [0.3, 0.4) is 0 Å². The summed E-state index contributed by atoms with van der Waals surface area (Å²) in [7, 11) is 0. The van der Waals surface area contributed by atoms with Crippen molar-refractivity contribution in [2.24, 2.45) is 0 Å². The summed E-state index contributed by atoms with van der Waals surface area (Å²) in [6, 6.07) is 10.5. The Labute approximate surface area is 156 Å². The number of benzene rings is 2.